The lowest BCUT2D eigenvalue weighted by molar-refractivity contribution is -0.168. The molecule has 0 spiro atoms. The van der Waals surface area contributed by atoms with Gasteiger partial charge in [0, 0.05) is 17.9 Å². The summed E-state index contributed by atoms with van der Waals surface area (Å²) in [7, 11) is 0. The standard InChI is InChI=1S/C26H30O5/c1-18(2)30-25(28)24(26(29)31-19(3)4)22(16-15-20-11-7-5-8-12-20)17-23(27)21-13-9-6-10-14-21/h5-16,18-19,22,24H,17H2,1-4H3/b16-15+/t22-/m0/s1. The zero-order valence-electron chi connectivity index (χ0n) is 18.5. The van der Waals surface area contributed by atoms with Crippen molar-refractivity contribution < 1.29 is 23.9 Å². The van der Waals surface area contributed by atoms with Crippen molar-refractivity contribution in [1.29, 1.82) is 0 Å². The number of rotatable bonds is 10. The van der Waals surface area contributed by atoms with Crippen LogP contribution < -0.4 is 0 Å². The van der Waals surface area contributed by atoms with Crippen LogP contribution in [0.15, 0.2) is 66.7 Å². The first-order valence-corrected chi connectivity index (χ1v) is 10.5. The maximum atomic E-state index is 12.9. The van der Waals surface area contributed by atoms with Crippen molar-refractivity contribution in [1.82, 2.24) is 0 Å². The van der Waals surface area contributed by atoms with Crippen LogP contribution >= 0.6 is 0 Å². The summed E-state index contributed by atoms with van der Waals surface area (Å²) in [5, 5.41) is 0. The van der Waals surface area contributed by atoms with Crippen molar-refractivity contribution in [3.05, 3.63) is 77.9 Å². The minimum Gasteiger partial charge on any atom is -0.462 e. The lowest BCUT2D eigenvalue weighted by Gasteiger charge is -2.24. The van der Waals surface area contributed by atoms with E-state index in [1.165, 1.54) is 0 Å². The van der Waals surface area contributed by atoms with E-state index in [1.807, 2.05) is 36.4 Å². The highest BCUT2D eigenvalue weighted by Gasteiger charge is 2.38. The highest BCUT2D eigenvalue weighted by atomic mass is 16.6. The molecule has 0 heterocycles. The SMILES string of the molecule is CC(C)OC(=O)C(C(=O)OC(C)C)[C@@H](/C=C/c1ccccc1)CC(=O)c1ccccc1. The van der Waals surface area contributed by atoms with Gasteiger partial charge in [0.1, 0.15) is 0 Å². The average molecular weight is 423 g/mol. The Kier molecular flexibility index (Phi) is 9.19. The quantitative estimate of drug-likeness (QED) is 0.302. The summed E-state index contributed by atoms with van der Waals surface area (Å²) < 4.78 is 10.7. The van der Waals surface area contributed by atoms with Crippen LogP contribution in [0.25, 0.3) is 6.08 Å². The topological polar surface area (TPSA) is 69.7 Å². The smallest absolute Gasteiger partial charge is 0.321 e. The van der Waals surface area contributed by atoms with Gasteiger partial charge in [-0.15, -0.1) is 0 Å². The third-order valence-electron chi connectivity index (χ3n) is 4.49. The number of benzene rings is 2. The van der Waals surface area contributed by atoms with E-state index in [0.29, 0.717) is 5.56 Å². The number of allylic oxidation sites excluding steroid dienone is 1. The van der Waals surface area contributed by atoms with Gasteiger partial charge >= 0.3 is 11.9 Å². The van der Waals surface area contributed by atoms with Gasteiger partial charge < -0.3 is 9.47 Å². The molecule has 2 rings (SSSR count). The molecule has 0 aliphatic carbocycles. The van der Waals surface area contributed by atoms with Crippen LogP contribution in [-0.2, 0) is 19.1 Å². The molecule has 0 fully saturated rings. The van der Waals surface area contributed by atoms with E-state index in [-0.39, 0.29) is 12.2 Å². The molecule has 0 amide bonds. The fourth-order valence-electron chi connectivity index (χ4n) is 3.11. The molecule has 2 aromatic rings. The zero-order valence-corrected chi connectivity index (χ0v) is 18.5. The van der Waals surface area contributed by atoms with Crippen molar-refractivity contribution >= 4 is 23.8 Å². The van der Waals surface area contributed by atoms with Crippen molar-refractivity contribution in [2.24, 2.45) is 11.8 Å². The van der Waals surface area contributed by atoms with Crippen LogP contribution in [0.3, 0.4) is 0 Å². The molecular formula is C26H30O5. The summed E-state index contributed by atoms with van der Waals surface area (Å²) >= 11 is 0. The van der Waals surface area contributed by atoms with Crippen LogP contribution in [0, 0.1) is 11.8 Å². The first-order valence-electron chi connectivity index (χ1n) is 10.5. The summed E-state index contributed by atoms with van der Waals surface area (Å²) in [6.45, 7) is 6.86. The van der Waals surface area contributed by atoms with Crippen LogP contribution in [0.2, 0.25) is 0 Å². The van der Waals surface area contributed by atoms with Crippen molar-refractivity contribution in [2.75, 3.05) is 0 Å². The summed E-state index contributed by atoms with van der Waals surface area (Å²) in [6, 6.07) is 18.3. The van der Waals surface area contributed by atoms with Gasteiger partial charge in [0.15, 0.2) is 11.7 Å². The fourth-order valence-corrected chi connectivity index (χ4v) is 3.11. The van der Waals surface area contributed by atoms with Gasteiger partial charge in [-0.1, -0.05) is 72.8 Å². The molecule has 0 unspecified atom stereocenters. The van der Waals surface area contributed by atoms with Crippen LogP contribution in [-0.4, -0.2) is 29.9 Å². The number of esters is 2. The van der Waals surface area contributed by atoms with E-state index in [9.17, 15) is 14.4 Å². The lowest BCUT2D eigenvalue weighted by atomic mass is 9.85. The van der Waals surface area contributed by atoms with E-state index in [1.54, 1.807) is 64.1 Å². The maximum Gasteiger partial charge on any atom is 0.321 e. The molecule has 2 aromatic carbocycles. The Labute approximate surface area is 184 Å². The van der Waals surface area contributed by atoms with Gasteiger partial charge in [0.2, 0.25) is 0 Å². The van der Waals surface area contributed by atoms with Gasteiger partial charge in [-0.3, -0.25) is 14.4 Å². The second-order valence-electron chi connectivity index (χ2n) is 7.88. The number of hydrogen-bond donors (Lipinski definition) is 0. The van der Waals surface area contributed by atoms with E-state index in [4.69, 9.17) is 9.47 Å². The molecule has 0 aliphatic heterocycles. The molecule has 0 radical (unpaired) electrons. The largest absolute Gasteiger partial charge is 0.462 e. The molecular weight excluding hydrogens is 392 g/mol. The summed E-state index contributed by atoms with van der Waals surface area (Å²) in [5.41, 5.74) is 1.42. The molecule has 0 N–H and O–H groups in total. The molecule has 0 aromatic heterocycles. The van der Waals surface area contributed by atoms with Crippen LogP contribution in [0.5, 0.6) is 0 Å². The Morgan fingerprint density at radius 1 is 0.774 bits per heavy atom. The number of carbonyl (C=O) groups excluding carboxylic acids is 3. The molecule has 164 valence electrons. The van der Waals surface area contributed by atoms with Gasteiger partial charge in [0.25, 0.3) is 0 Å². The third-order valence-corrected chi connectivity index (χ3v) is 4.49. The minimum atomic E-state index is -1.24. The van der Waals surface area contributed by atoms with Crippen LogP contribution in [0.4, 0.5) is 0 Å². The summed E-state index contributed by atoms with van der Waals surface area (Å²) in [5.74, 6) is -3.50. The Balaban J connectivity index is 2.40. The van der Waals surface area contributed by atoms with Crippen molar-refractivity contribution in [2.45, 2.75) is 46.3 Å². The normalized spacial score (nSPS) is 12.4. The van der Waals surface area contributed by atoms with E-state index < -0.39 is 36.0 Å². The number of carbonyl (C=O) groups is 3. The molecule has 0 saturated heterocycles. The number of hydrogen-bond acceptors (Lipinski definition) is 5. The Morgan fingerprint density at radius 2 is 1.26 bits per heavy atom. The Hall–Kier alpha value is -3.21. The molecule has 5 nitrogen and oxygen atoms in total. The fraction of sp³-hybridized carbons (Fsp3) is 0.346. The van der Waals surface area contributed by atoms with Gasteiger partial charge in [-0.05, 0) is 33.3 Å². The molecule has 1 atom stereocenters. The number of ether oxygens (including phenoxy) is 2. The highest BCUT2D eigenvalue weighted by molar-refractivity contribution is 5.99. The predicted octanol–water partition coefficient (Wildman–Crippen LogP) is 5.11. The summed E-state index contributed by atoms with van der Waals surface area (Å²) in [4.78, 5) is 38.7. The Morgan fingerprint density at radius 3 is 1.74 bits per heavy atom. The maximum absolute atomic E-state index is 12.9. The molecule has 5 heteroatoms. The highest BCUT2D eigenvalue weighted by Crippen LogP contribution is 2.26. The first-order chi connectivity index (χ1) is 14.8. The van der Waals surface area contributed by atoms with Crippen LogP contribution in [0.1, 0.15) is 50.0 Å². The summed E-state index contributed by atoms with van der Waals surface area (Å²) in [6.07, 6.45) is 2.71. The molecule has 0 saturated carbocycles. The van der Waals surface area contributed by atoms with Crippen molar-refractivity contribution in [3.63, 3.8) is 0 Å². The van der Waals surface area contributed by atoms with Gasteiger partial charge in [-0.2, -0.15) is 0 Å². The lowest BCUT2D eigenvalue weighted by Crippen LogP contribution is -2.37. The number of Topliss-reactive ketones (excluding diaryl/α,β-unsaturated/α-hetero) is 1. The molecule has 0 aliphatic rings. The predicted molar refractivity (Wildman–Crippen MR) is 120 cm³/mol. The number of ketones is 1. The minimum absolute atomic E-state index is 0.0294. The second kappa shape index (κ2) is 11.8. The van der Waals surface area contributed by atoms with E-state index in [2.05, 4.69) is 0 Å². The van der Waals surface area contributed by atoms with Gasteiger partial charge in [-0.25, -0.2) is 0 Å². The zero-order chi connectivity index (χ0) is 22.8. The van der Waals surface area contributed by atoms with E-state index >= 15 is 0 Å². The van der Waals surface area contributed by atoms with Crippen molar-refractivity contribution in [3.8, 4) is 0 Å². The molecule has 31 heavy (non-hydrogen) atoms. The molecule has 0 bridgehead atoms. The first kappa shape index (κ1) is 24.1. The van der Waals surface area contributed by atoms with E-state index in [0.717, 1.165) is 5.56 Å². The monoisotopic (exact) mass is 422 g/mol. The van der Waals surface area contributed by atoms with Gasteiger partial charge in [0.05, 0.1) is 12.2 Å². The Bertz CT molecular complexity index is 863. The average Bonchev–Trinajstić information content (AvgIpc) is 2.72. The third kappa shape index (κ3) is 7.85. The second-order valence-corrected chi connectivity index (χ2v) is 7.88.